The van der Waals surface area contributed by atoms with Crippen molar-refractivity contribution in [2.24, 2.45) is 17.8 Å². The Hall–Kier alpha value is -1.69. The van der Waals surface area contributed by atoms with Gasteiger partial charge < -0.3 is 4.74 Å². The third-order valence-electron chi connectivity index (χ3n) is 6.22. The molecule has 1 saturated carbocycles. The molecule has 6 heteroatoms. The van der Waals surface area contributed by atoms with Crippen molar-refractivity contribution in [3.63, 3.8) is 0 Å². The third-order valence-corrected chi connectivity index (χ3v) is 7.03. The molecule has 3 rings (SSSR count). The molecule has 4 atom stereocenters. The minimum atomic E-state index is -0.651. The second kappa shape index (κ2) is 9.41. The van der Waals surface area contributed by atoms with Crippen molar-refractivity contribution in [3.8, 4) is 11.4 Å². The Balaban J connectivity index is 1.67. The highest BCUT2D eigenvalue weighted by Crippen LogP contribution is 2.36. The van der Waals surface area contributed by atoms with Gasteiger partial charge in [-0.25, -0.2) is 4.98 Å². The number of ether oxygens (including phenoxy) is 1. The smallest absolute Gasteiger partial charge is 0.327 e. The van der Waals surface area contributed by atoms with Crippen LogP contribution in [0.1, 0.15) is 76.0 Å². The van der Waals surface area contributed by atoms with Gasteiger partial charge in [0.05, 0.1) is 0 Å². The molecule has 0 saturated heterocycles. The number of carbonyl (C=O) groups is 1. The van der Waals surface area contributed by atoms with E-state index in [1.807, 2.05) is 12.1 Å². The van der Waals surface area contributed by atoms with E-state index in [9.17, 15) is 4.79 Å². The molecule has 1 N–H and O–H groups in total. The molecule has 2 aromatic rings. The molecule has 1 aliphatic carbocycles. The Bertz CT molecular complexity index is 808. The van der Waals surface area contributed by atoms with E-state index < -0.39 is 4.83 Å². The summed E-state index contributed by atoms with van der Waals surface area (Å²) in [6.07, 6.45) is 3.24. The number of aromatic nitrogens is 3. The van der Waals surface area contributed by atoms with Gasteiger partial charge in [-0.15, -0.1) is 0 Å². The fraction of sp³-hybridized carbons (Fsp3) is 0.609. The van der Waals surface area contributed by atoms with Crippen molar-refractivity contribution in [1.82, 2.24) is 15.2 Å². The summed E-state index contributed by atoms with van der Waals surface area (Å²) in [5, 5.41) is 7.19. The zero-order valence-electron chi connectivity index (χ0n) is 18.0. The van der Waals surface area contributed by atoms with Gasteiger partial charge in [0.25, 0.3) is 0 Å². The van der Waals surface area contributed by atoms with E-state index >= 15 is 0 Å². The van der Waals surface area contributed by atoms with Crippen molar-refractivity contribution in [2.45, 2.75) is 70.7 Å². The van der Waals surface area contributed by atoms with Crippen LogP contribution in [0.5, 0.6) is 0 Å². The number of alkyl halides is 1. The average molecular weight is 462 g/mol. The predicted octanol–water partition coefficient (Wildman–Crippen LogP) is 6.04. The molecule has 0 amide bonds. The van der Waals surface area contributed by atoms with Gasteiger partial charge in [-0.3, -0.25) is 9.89 Å². The van der Waals surface area contributed by atoms with Crippen molar-refractivity contribution in [2.75, 3.05) is 0 Å². The number of hydrogen-bond acceptors (Lipinski definition) is 4. The zero-order chi connectivity index (χ0) is 21.1. The maximum atomic E-state index is 12.7. The van der Waals surface area contributed by atoms with Gasteiger partial charge in [-0.05, 0) is 48.5 Å². The van der Waals surface area contributed by atoms with Gasteiger partial charge in [0.15, 0.2) is 10.7 Å². The molecule has 5 nitrogen and oxygen atoms in total. The first kappa shape index (κ1) is 22.0. The molecular formula is C23H32BrN3O2. The average Bonchev–Trinajstić information content (AvgIpc) is 3.19. The van der Waals surface area contributed by atoms with E-state index in [0.717, 1.165) is 24.8 Å². The van der Waals surface area contributed by atoms with Crippen LogP contribution < -0.4 is 0 Å². The molecule has 1 aliphatic rings. The highest BCUT2D eigenvalue weighted by atomic mass is 79.9. The van der Waals surface area contributed by atoms with E-state index in [2.05, 4.69) is 77.9 Å². The van der Waals surface area contributed by atoms with Crippen LogP contribution in [-0.2, 0) is 9.53 Å². The summed E-state index contributed by atoms with van der Waals surface area (Å²) < 4.78 is 5.88. The first-order valence-corrected chi connectivity index (χ1v) is 11.6. The van der Waals surface area contributed by atoms with Crippen LogP contribution in [0.4, 0.5) is 0 Å². The number of H-pyrrole nitrogens is 1. The first-order chi connectivity index (χ1) is 13.8. The van der Waals surface area contributed by atoms with Gasteiger partial charge in [0.2, 0.25) is 0 Å². The molecule has 1 heterocycles. The number of benzene rings is 1. The topological polar surface area (TPSA) is 67.9 Å². The maximum Gasteiger partial charge on any atom is 0.327 e. The van der Waals surface area contributed by atoms with Crippen LogP contribution in [0.2, 0.25) is 0 Å². The molecule has 0 bridgehead atoms. The number of nitrogens with one attached hydrogen (secondary N) is 1. The lowest BCUT2D eigenvalue weighted by Crippen LogP contribution is -2.38. The summed E-state index contributed by atoms with van der Waals surface area (Å²) in [7, 11) is 0. The van der Waals surface area contributed by atoms with Gasteiger partial charge in [0, 0.05) is 5.56 Å². The molecule has 1 fully saturated rings. The minimum absolute atomic E-state index is 0.0470. The summed E-state index contributed by atoms with van der Waals surface area (Å²) in [5.74, 6) is 2.69. The normalized spacial score (nSPS) is 26.7. The number of esters is 1. The Kier molecular flexibility index (Phi) is 7.14. The van der Waals surface area contributed by atoms with E-state index in [1.165, 1.54) is 5.56 Å². The Morgan fingerprint density at radius 3 is 2.41 bits per heavy atom. The van der Waals surface area contributed by atoms with Crippen LogP contribution in [0.25, 0.3) is 11.4 Å². The van der Waals surface area contributed by atoms with Gasteiger partial charge >= 0.3 is 5.97 Å². The minimum Gasteiger partial charge on any atom is -0.461 e. The number of carbonyl (C=O) groups excluding carboxylic acids is 1. The fourth-order valence-corrected chi connectivity index (χ4v) is 4.76. The number of nitrogens with zero attached hydrogens (tertiary/aromatic N) is 2. The summed E-state index contributed by atoms with van der Waals surface area (Å²) >= 11 is 3.45. The summed E-state index contributed by atoms with van der Waals surface area (Å²) in [6.45, 7) is 11.0. The third kappa shape index (κ3) is 5.08. The zero-order valence-corrected chi connectivity index (χ0v) is 19.6. The molecule has 1 aromatic heterocycles. The number of aromatic amines is 1. The lowest BCUT2D eigenvalue weighted by Gasteiger charge is -2.37. The Morgan fingerprint density at radius 2 is 1.83 bits per heavy atom. The predicted molar refractivity (Wildman–Crippen MR) is 119 cm³/mol. The van der Waals surface area contributed by atoms with Gasteiger partial charge in [-0.2, -0.15) is 5.10 Å². The first-order valence-electron chi connectivity index (χ1n) is 10.7. The molecule has 0 spiro atoms. The molecule has 158 valence electrons. The van der Waals surface area contributed by atoms with E-state index in [1.54, 1.807) is 0 Å². The van der Waals surface area contributed by atoms with E-state index in [-0.39, 0.29) is 12.1 Å². The van der Waals surface area contributed by atoms with Crippen molar-refractivity contribution >= 4 is 21.9 Å². The van der Waals surface area contributed by atoms with Crippen LogP contribution in [0, 0.1) is 17.8 Å². The van der Waals surface area contributed by atoms with Crippen LogP contribution >= 0.6 is 15.9 Å². The second-order valence-electron chi connectivity index (χ2n) is 8.77. The molecule has 1 aromatic carbocycles. The number of hydrogen-bond donors (Lipinski definition) is 1. The van der Waals surface area contributed by atoms with Crippen LogP contribution in [-0.4, -0.2) is 27.3 Å². The van der Waals surface area contributed by atoms with Crippen molar-refractivity contribution < 1.29 is 9.53 Å². The standard InChI is InChI=1S/C23H32BrN3O2/c1-6-14(3)17-7-9-18(10-8-17)21-25-22(27-26-21)19(24)23(28)29-20-15(4)11-13(2)12-16(20)5/h7-10,13-16,19-20H,6,11-12H2,1-5H3,(H,25,26,27). The van der Waals surface area contributed by atoms with Gasteiger partial charge in [-0.1, -0.05) is 74.8 Å². The van der Waals surface area contributed by atoms with Crippen molar-refractivity contribution in [3.05, 3.63) is 35.7 Å². The van der Waals surface area contributed by atoms with E-state index in [4.69, 9.17) is 4.74 Å². The molecule has 29 heavy (non-hydrogen) atoms. The van der Waals surface area contributed by atoms with Crippen LogP contribution in [0.15, 0.2) is 24.3 Å². The Morgan fingerprint density at radius 1 is 1.21 bits per heavy atom. The summed E-state index contributed by atoms with van der Waals surface area (Å²) in [5.41, 5.74) is 2.23. The quantitative estimate of drug-likeness (QED) is 0.420. The Labute approximate surface area is 182 Å². The molecule has 4 unspecified atom stereocenters. The summed E-state index contributed by atoms with van der Waals surface area (Å²) in [4.78, 5) is 16.6. The second-order valence-corrected chi connectivity index (χ2v) is 9.69. The fourth-order valence-electron chi connectivity index (χ4n) is 4.45. The number of halogens is 1. The van der Waals surface area contributed by atoms with Crippen LogP contribution in [0.3, 0.4) is 0 Å². The summed E-state index contributed by atoms with van der Waals surface area (Å²) in [6, 6.07) is 8.30. The van der Waals surface area contributed by atoms with E-state index in [0.29, 0.717) is 35.3 Å². The molecule has 0 radical (unpaired) electrons. The SMILES string of the molecule is CCC(C)c1ccc(-c2n[nH]c(C(Br)C(=O)OC3C(C)CC(C)CC3C)n2)cc1. The lowest BCUT2D eigenvalue weighted by molar-refractivity contribution is -0.157. The molecule has 0 aliphatic heterocycles. The van der Waals surface area contributed by atoms with Gasteiger partial charge in [0.1, 0.15) is 11.9 Å². The van der Waals surface area contributed by atoms with Crippen molar-refractivity contribution in [1.29, 1.82) is 0 Å². The highest BCUT2D eigenvalue weighted by Gasteiger charge is 2.36. The largest absolute Gasteiger partial charge is 0.461 e. The monoisotopic (exact) mass is 461 g/mol. The number of rotatable bonds is 6. The lowest BCUT2D eigenvalue weighted by atomic mass is 9.75. The molecular weight excluding hydrogens is 430 g/mol. The maximum absolute atomic E-state index is 12.7. The highest BCUT2D eigenvalue weighted by molar-refractivity contribution is 9.09.